The quantitative estimate of drug-likeness (QED) is 0.386. The summed E-state index contributed by atoms with van der Waals surface area (Å²) in [4.78, 5) is 28.2. The van der Waals surface area contributed by atoms with Gasteiger partial charge in [-0.15, -0.1) is 0 Å². The molecule has 7 nitrogen and oxygen atoms in total. The zero-order valence-corrected chi connectivity index (χ0v) is 15.8. The number of thioether (sulfide) groups is 1. The maximum absolute atomic E-state index is 12.3. The van der Waals surface area contributed by atoms with Crippen molar-refractivity contribution in [1.82, 2.24) is 15.5 Å². The summed E-state index contributed by atoms with van der Waals surface area (Å²) in [5, 5.41) is 7.18. The van der Waals surface area contributed by atoms with Gasteiger partial charge in [0, 0.05) is 24.6 Å². The largest absolute Gasteiger partial charge is 0.452 e. The average Bonchev–Trinajstić information content (AvgIpc) is 3.07. The molecule has 2 heterocycles. The summed E-state index contributed by atoms with van der Waals surface area (Å²) in [5.41, 5.74) is 1.10. The molecule has 2 aromatic rings. The maximum Gasteiger partial charge on any atom is 0.341 e. The Balaban J connectivity index is 1.85. The van der Waals surface area contributed by atoms with Crippen molar-refractivity contribution >= 4 is 23.6 Å². The first kappa shape index (κ1) is 20.0. The summed E-state index contributed by atoms with van der Waals surface area (Å²) in [6.45, 7) is 4.21. The van der Waals surface area contributed by atoms with Crippen LogP contribution < -0.4 is 5.32 Å². The number of rotatable bonds is 10. The van der Waals surface area contributed by atoms with Gasteiger partial charge in [-0.3, -0.25) is 4.79 Å². The second kappa shape index (κ2) is 10.6. The fourth-order valence-electron chi connectivity index (χ4n) is 2.15. The third kappa shape index (κ3) is 6.51. The van der Waals surface area contributed by atoms with Gasteiger partial charge in [-0.1, -0.05) is 36.7 Å². The molecule has 26 heavy (non-hydrogen) atoms. The monoisotopic (exact) mass is 377 g/mol. The summed E-state index contributed by atoms with van der Waals surface area (Å²) < 4.78 is 10.1. The Morgan fingerprint density at radius 1 is 1.35 bits per heavy atom. The van der Waals surface area contributed by atoms with Crippen LogP contribution >= 0.6 is 11.8 Å². The summed E-state index contributed by atoms with van der Waals surface area (Å²) in [5.74, 6) is 0.379. The highest BCUT2D eigenvalue weighted by Crippen LogP contribution is 2.24. The first-order chi connectivity index (χ1) is 12.6. The van der Waals surface area contributed by atoms with E-state index in [2.05, 4.69) is 22.4 Å². The van der Waals surface area contributed by atoms with Gasteiger partial charge in [0.15, 0.2) is 6.61 Å². The topological polar surface area (TPSA) is 94.3 Å². The van der Waals surface area contributed by atoms with Crippen molar-refractivity contribution in [3.63, 3.8) is 0 Å². The molecule has 0 fully saturated rings. The minimum atomic E-state index is -0.569. The third-order valence-electron chi connectivity index (χ3n) is 3.46. The van der Waals surface area contributed by atoms with E-state index in [9.17, 15) is 9.59 Å². The Labute approximate surface area is 156 Å². The Morgan fingerprint density at radius 3 is 2.92 bits per heavy atom. The number of hydrogen-bond acceptors (Lipinski definition) is 7. The van der Waals surface area contributed by atoms with Crippen LogP contribution in [-0.2, 0) is 15.3 Å². The molecular formula is C18H23N3O4S. The number of carbonyl (C=O) groups is 2. The van der Waals surface area contributed by atoms with Crippen LogP contribution in [0, 0.1) is 6.92 Å². The number of unbranched alkanes of at least 4 members (excludes halogenated alkanes) is 2. The van der Waals surface area contributed by atoms with Crippen LogP contribution in [0.5, 0.6) is 0 Å². The van der Waals surface area contributed by atoms with Crippen molar-refractivity contribution in [2.75, 3.05) is 13.2 Å². The lowest BCUT2D eigenvalue weighted by atomic mass is 10.2. The minimum Gasteiger partial charge on any atom is -0.452 e. The van der Waals surface area contributed by atoms with Crippen LogP contribution in [0.3, 0.4) is 0 Å². The number of nitrogens with one attached hydrogen (secondary N) is 1. The van der Waals surface area contributed by atoms with Gasteiger partial charge in [-0.25, -0.2) is 9.78 Å². The number of pyridine rings is 1. The summed E-state index contributed by atoms with van der Waals surface area (Å²) in [6.07, 6.45) is 4.66. The molecule has 8 heteroatoms. The van der Waals surface area contributed by atoms with Gasteiger partial charge in [-0.2, -0.15) is 0 Å². The Hall–Kier alpha value is -2.35. The highest BCUT2D eigenvalue weighted by atomic mass is 32.2. The highest BCUT2D eigenvalue weighted by molar-refractivity contribution is 7.98. The first-order valence-corrected chi connectivity index (χ1v) is 9.52. The third-order valence-corrected chi connectivity index (χ3v) is 4.50. The van der Waals surface area contributed by atoms with Crippen molar-refractivity contribution in [2.45, 2.75) is 43.9 Å². The van der Waals surface area contributed by atoms with E-state index in [0.29, 0.717) is 22.9 Å². The number of esters is 1. The van der Waals surface area contributed by atoms with Gasteiger partial charge in [0.2, 0.25) is 0 Å². The Bertz CT molecular complexity index is 733. The molecule has 0 saturated heterocycles. The number of ether oxygens (including phenoxy) is 1. The van der Waals surface area contributed by atoms with Gasteiger partial charge in [0.25, 0.3) is 5.91 Å². The van der Waals surface area contributed by atoms with Crippen LogP contribution in [-0.4, -0.2) is 35.2 Å². The molecule has 2 aromatic heterocycles. The fraction of sp³-hybridized carbons (Fsp3) is 0.444. The summed E-state index contributed by atoms with van der Waals surface area (Å²) in [7, 11) is 0. The smallest absolute Gasteiger partial charge is 0.341 e. The van der Waals surface area contributed by atoms with Gasteiger partial charge in [0.05, 0.1) is 11.3 Å². The molecule has 0 aromatic carbocycles. The van der Waals surface area contributed by atoms with E-state index >= 15 is 0 Å². The predicted octanol–water partition coefficient (Wildman–Crippen LogP) is 3.13. The van der Waals surface area contributed by atoms with Crippen LogP contribution in [0.2, 0.25) is 0 Å². The number of aromatic nitrogens is 2. The predicted molar refractivity (Wildman–Crippen MR) is 97.9 cm³/mol. The molecular weight excluding hydrogens is 354 g/mol. The Kier molecular flexibility index (Phi) is 8.14. The van der Waals surface area contributed by atoms with Gasteiger partial charge in [-0.05, 0) is 25.5 Å². The fourth-order valence-corrected chi connectivity index (χ4v) is 3.02. The first-order valence-electron chi connectivity index (χ1n) is 8.54. The maximum atomic E-state index is 12.3. The van der Waals surface area contributed by atoms with E-state index in [0.717, 1.165) is 30.7 Å². The second-order valence-electron chi connectivity index (χ2n) is 5.71. The van der Waals surface area contributed by atoms with E-state index < -0.39 is 5.97 Å². The van der Waals surface area contributed by atoms with Crippen molar-refractivity contribution in [3.8, 4) is 0 Å². The van der Waals surface area contributed by atoms with E-state index in [1.807, 2.05) is 13.0 Å². The molecule has 0 spiro atoms. The molecule has 1 N–H and O–H groups in total. The average molecular weight is 377 g/mol. The minimum absolute atomic E-state index is 0.299. The lowest BCUT2D eigenvalue weighted by Crippen LogP contribution is -2.29. The van der Waals surface area contributed by atoms with Crippen LogP contribution in [0.1, 0.15) is 48.0 Å². The van der Waals surface area contributed by atoms with Gasteiger partial charge >= 0.3 is 5.97 Å². The van der Waals surface area contributed by atoms with Crippen molar-refractivity contribution in [1.29, 1.82) is 0 Å². The van der Waals surface area contributed by atoms with Crippen LogP contribution in [0.25, 0.3) is 0 Å². The zero-order valence-electron chi connectivity index (χ0n) is 15.0. The van der Waals surface area contributed by atoms with E-state index in [1.165, 1.54) is 11.8 Å². The summed E-state index contributed by atoms with van der Waals surface area (Å²) in [6, 6.07) is 5.12. The molecule has 0 aliphatic carbocycles. The van der Waals surface area contributed by atoms with E-state index in [4.69, 9.17) is 9.26 Å². The number of amides is 1. The van der Waals surface area contributed by atoms with E-state index in [-0.39, 0.29) is 12.5 Å². The molecule has 0 aliphatic heterocycles. The lowest BCUT2D eigenvalue weighted by molar-refractivity contribution is -0.124. The van der Waals surface area contributed by atoms with Crippen LogP contribution in [0.15, 0.2) is 33.9 Å². The normalized spacial score (nSPS) is 10.5. The number of carbonyl (C=O) groups excluding carboxylic acids is 2. The lowest BCUT2D eigenvalue weighted by Gasteiger charge is -2.08. The summed E-state index contributed by atoms with van der Waals surface area (Å²) >= 11 is 1.36. The molecule has 0 saturated carbocycles. The molecule has 2 rings (SSSR count). The van der Waals surface area contributed by atoms with Crippen molar-refractivity contribution < 1.29 is 18.8 Å². The molecule has 0 radical (unpaired) electrons. The zero-order chi connectivity index (χ0) is 18.8. The number of nitrogens with zero attached hydrogens (tertiary/aromatic N) is 2. The highest BCUT2D eigenvalue weighted by Gasteiger charge is 2.16. The van der Waals surface area contributed by atoms with Gasteiger partial charge in [0.1, 0.15) is 10.8 Å². The van der Waals surface area contributed by atoms with Gasteiger partial charge < -0.3 is 14.6 Å². The molecule has 0 aliphatic rings. The molecule has 1 amide bonds. The second-order valence-corrected chi connectivity index (χ2v) is 6.67. The van der Waals surface area contributed by atoms with Crippen LogP contribution in [0.4, 0.5) is 0 Å². The SMILES string of the molecule is CCCCCNC(=O)COC(=O)c1cccnc1SCc1cc(C)on1. The van der Waals surface area contributed by atoms with E-state index in [1.54, 1.807) is 18.3 Å². The molecule has 0 unspecified atom stereocenters. The molecule has 0 bridgehead atoms. The number of hydrogen-bond donors (Lipinski definition) is 1. The molecule has 140 valence electrons. The van der Waals surface area contributed by atoms with Crippen molar-refractivity contribution in [2.24, 2.45) is 0 Å². The van der Waals surface area contributed by atoms with Crippen molar-refractivity contribution in [3.05, 3.63) is 41.4 Å². The Morgan fingerprint density at radius 2 is 2.19 bits per heavy atom. The standard InChI is InChI=1S/C18H23N3O4S/c1-3-4-5-8-19-16(22)11-24-18(23)15-7-6-9-20-17(15)26-12-14-10-13(2)25-21-14/h6-7,9-10H,3-5,8,11-12H2,1-2H3,(H,19,22). The number of aryl methyl sites for hydroxylation is 1. The molecule has 0 atom stereocenters.